The van der Waals surface area contributed by atoms with Crippen LogP contribution in [0.4, 0.5) is 5.13 Å². The van der Waals surface area contributed by atoms with Gasteiger partial charge in [-0.1, -0.05) is 30.3 Å². The molecule has 3 rings (SSSR count). The Kier molecular flexibility index (Phi) is 5.58. The van der Waals surface area contributed by atoms with Gasteiger partial charge in [-0.05, 0) is 18.2 Å². The Bertz CT molecular complexity index is 1240. The molecule has 0 unspecified atom stereocenters. The molecule has 1 N–H and O–H groups in total. The standard InChI is InChI=1S/C16H13N3O6S3/c20-27(21,22)13-6-7-15(28(23,24)25)12(8-13)9-17-19-16-18-14(10-26-16)11-4-2-1-3-5-11/h1-10H,(H,18,19)(H,20,21,22)(H,23,24,25)/p-2. The van der Waals surface area contributed by atoms with Crippen LogP contribution in [0, 0.1) is 0 Å². The van der Waals surface area contributed by atoms with Crippen LogP contribution >= 0.6 is 11.3 Å². The maximum Gasteiger partial charge on any atom is 0.203 e. The topological polar surface area (TPSA) is 152 Å². The van der Waals surface area contributed by atoms with Gasteiger partial charge in [0.05, 0.1) is 21.7 Å². The van der Waals surface area contributed by atoms with Crippen molar-refractivity contribution < 1.29 is 25.9 Å². The largest absolute Gasteiger partial charge is 0.744 e. The summed E-state index contributed by atoms with van der Waals surface area (Å²) in [6.07, 6.45) is 0.934. The van der Waals surface area contributed by atoms with Crippen LogP contribution in [0.1, 0.15) is 5.56 Å². The van der Waals surface area contributed by atoms with Crippen molar-refractivity contribution in [2.24, 2.45) is 5.10 Å². The maximum absolute atomic E-state index is 11.3. The Hall–Kier alpha value is -2.64. The number of hydrazone groups is 1. The van der Waals surface area contributed by atoms with Gasteiger partial charge in [-0.2, -0.15) is 5.10 Å². The van der Waals surface area contributed by atoms with Crippen LogP contribution in [-0.2, 0) is 20.2 Å². The van der Waals surface area contributed by atoms with E-state index in [4.69, 9.17) is 0 Å². The molecular formula is C16H11N3O6S3-2. The molecule has 0 aliphatic carbocycles. The van der Waals surface area contributed by atoms with Gasteiger partial charge in [-0.25, -0.2) is 21.8 Å². The molecule has 3 aromatic rings. The highest BCUT2D eigenvalue weighted by Gasteiger charge is 2.11. The molecule has 0 atom stereocenters. The zero-order chi connectivity index (χ0) is 20.4. The number of nitrogens with zero attached hydrogens (tertiary/aromatic N) is 2. The number of hydrogen-bond acceptors (Lipinski definition) is 10. The van der Waals surface area contributed by atoms with Crippen molar-refractivity contribution >= 4 is 42.9 Å². The average Bonchev–Trinajstić information content (AvgIpc) is 3.10. The van der Waals surface area contributed by atoms with Gasteiger partial charge >= 0.3 is 0 Å². The van der Waals surface area contributed by atoms with E-state index in [1.54, 1.807) is 5.38 Å². The third kappa shape index (κ3) is 4.79. The van der Waals surface area contributed by atoms with E-state index in [1.165, 1.54) is 11.3 Å². The minimum absolute atomic E-state index is 0.334. The molecule has 0 fully saturated rings. The third-order valence-electron chi connectivity index (χ3n) is 3.48. The molecule has 0 amide bonds. The maximum atomic E-state index is 11.3. The van der Waals surface area contributed by atoms with Crippen LogP contribution in [0.2, 0.25) is 0 Å². The van der Waals surface area contributed by atoms with Crippen LogP contribution in [0.15, 0.2) is 68.8 Å². The average molecular weight is 437 g/mol. The molecule has 0 aliphatic heterocycles. The fourth-order valence-electron chi connectivity index (χ4n) is 2.23. The van der Waals surface area contributed by atoms with Crippen molar-refractivity contribution in [3.63, 3.8) is 0 Å². The number of anilines is 1. The Morgan fingerprint density at radius 1 is 1.00 bits per heavy atom. The quantitative estimate of drug-likeness (QED) is 0.349. The lowest BCUT2D eigenvalue weighted by Gasteiger charge is -2.13. The fraction of sp³-hybridized carbons (Fsp3) is 0. The molecule has 0 aliphatic rings. The SMILES string of the molecule is O=S(=O)([O-])c1ccc(S(=O)(=O)[O-])c(C=NNc2nc(-c3ccccc3)cs2)c1. The van der Waals surface area contributed by atoms with E-state index in [0.717, 1.165) is 30.0 Å². The molecular weight excluding hydrogens is 426 g/mol. The van der Waals surface area contributed by atoms with Gasteiger partial charge in [0, 0.05) is 16.5 Å². The normalized spacial score (nSPS) is 12.4. The van der Waals surface area contributed by atoms with Crippen LogP contribution in [0.5, 0.6) is 0 Å². The Morgan fingerprint density at radius 2 is 1.71 bits per heavy atom. The van der Waals surface area contributed by atoms with Crippen molar-refractivity contribution in [3.8, 4) is 11.3 Å². The van der Waals surface area contributed by atoms with E-state index in [9.17, 15) is 25.9 Å². The molecule has 1 heterocycles. The number of rotatable bonds is 6. The number of aromatic nitrogens is 1. The van der Waals surface area contributed by atoms with Crippen LogP contribution < -0.4 is 5.43 Å². The van der Waals surface area contributed by atoms with Gasteiger partial charge in [-0.3, -0.25) is 5.43 Å². The van der Waals surface area contributed by atoms with E-state index >= 15 is 0 Å². The summed E-state index contributed by atoms with van der Waals surface area (Å²) in [7, 11) is -9.73. The first-order valence-corrected chi connectivity index (χ1v) is 11.2. The number of benzene rings is 2. The molecule has 9 nitrogen and oxygen atoms in total. The Morgan fingerprint density at radius 3 is 2.36 bits per heavy atom. The molecule has 0 spiro atoms. The van der Waals surface area contributed by atoms with Crippen molar-refractivity contribution in [3.05, 3.63) is 59.5 Å². The summed E-state index contributed by atoms with van der Waals surface area (Å²) in [5, 5.41) is 5.96. The summed E-state index contributed by atoms with van der Waals surface area (Å²) in [6.45, 7) is 0. The van der Waals surface area contributed by atoms with Gasteiger partial charge in [0.15, 0.2) is 0 Å². The van der Waals surface area contributed by atoms with E-state index in [-0.39, 0.29) is 5.56 Å². The highest BCUT2D eigenvalue weighted by Crippen LogP contribution is 2.24. The van der Waals surface area contributed by atoms with Gasteiger partial charge in [0.1, 0.15) is 20.2 Å². The molecule has 28 heavy (non-hydrogen) atoms. The monoisotopic (exact) mass is 437 g/mol. The van der Waals surface area contributed by atoms with E-state index in [1.807, 2.05) is 30.3 Å². The lowest BCUT2D eigenvalue weighted by atomic mass is 10.2. The second-order valence-electron chi connectivity index (χ2n) is 5.38. The molecule has 146 valence electrons. The summed E-state index contributed by atoms with van der Waals surface area (Å²) in [6, 6.07) is 11.6. The smallest absolute Gasteiger partial charge is 0.203 e. The van der Waals surface area contributed by atoms with E-state index in [2.05, 4.69) is 15.5 Å². The minimum atomic E-state index is -4.90. The third-order valence-corrected chi connectivity index (χ3v) is 5.97. The minimum Gasteiger partial charge on any atom is -0.744 e. The summed E-state index contributed by atoms with van der Waals surface area (Å²) >= 11 is 1.23. The zero-order valence-corrected chi connectivity index (χ0v) is 16.3. The van der Waals surface area contributed by atoms with Crippen molar-refractivity contribution in [2.45, 2.75) is 9.79 Å². The Labute approximate surface area is 164 Å². The molecule has 0 saturated carbocycles. The van der Waals surface area contributed by atoms with E-state index in [0.29, 0.717) is 10.8 Å². The van der Waals surface area contributed by atoms with Crippen molar-refractivity contribution in [1.82, 2.24) is 4.98 Å². The lowest BCUT2D eigenvalue weighted by Crippen LogP contribution is -2.07. The number of hydrogen-bond donors (Lipinski definition) is 1. The second kappa shape index (κ2) is 7.77. The molecule has 1 aromatic heterocycles. The zero-order valence-electron chi connectivity index (χ0n) is 13.8. The number of thiazole rings is 1. The fourth-order valence-corrected chi connectivity index (χ4v) is 4.04. The predicted octanol–water partition coefficient (Wildman–Crippen LogP) is 2.06. The van der Waals surface area contributed by atoms with E-state index < -0.39 is 30.0 Å². The highest BCUT2D eigenvalue weighted by atomic mass is 32.2. The summed E-state index contributed by atoms with van der Waals surface area (Å²) in [5.41, 5.74) is 3.83. The van der Waals surface area contributed by atoms with Crippen molar-refractivity contribution in [1.29, 1.82) is 0 Å². The van der Waals surface area contributed by atoms with Gasteiger partial charge in [0.2, 0.25) is 5.13 Å². The molecule has 0 radical (unpaired) electrons. The summed E-state index contributed by atoms with van der Waals surface area (Å²) < 4.78 is 67.4. The molecule has 2 aromatic carbocycles. The highest BCUT2D eigenvalue weighted by molar-refractivity contribution is 7.86. The van der Waals surface area contributed by atoms with Crippen LogP contribution in [-0.4, -0.2) is 37.1 Å². The van der Waals surface area contributed by atoms with Crippen LogP contribution in [0.3, 0.4) is 0 Å². The van der Waals surface area contributed by atoms with Gasteiger partial charge < -0.3 is 9.11 Å². The summed E-state index contributed by atoms with van der Waals surface area (Å²) in [4.78, 5) is 2.93. The molecule has 12 heteroatoms. The Balaban J connectivity index is 1.87. The lowest BCUT2D eigenvalue weighted by molar-refractivity contribution is 0.458. The van der Waals surface area contributed by atoms with Gasteiger partial charge in [-0.15, -0.1) is 11.3 Å². The van der Waals surface area contributed by atoms with Crippen LogP contribution in [0.25, 0.3) is 11.3 Å². The molecule has 0 saturated heterocycles. The van der Waals surface area contributed by atoms with Crippen molar-refractivity contribution in [2.75, 3.05) is 5.43 Å². The number of nitrogens with one attached hydrogen (secondary N) is 1. The first-order chi connectivity index (χ1) is 13.1. The first kappa shape index (κ1) is 20.1. The summed E-state index contributed by atoms with van der Waals surface area (Å²) in [5.74, 6) is 0. The predicted molar refractivity (Wildman–Crippen MR) is 101 cm³/mol. The van der Waals surface area contributed by atoms with Gasteiger partial charge in [0.25, 0.3) is 0 Å². The first-order valence-electron chi connectivity index (χ1n) is 7.50. The molecule has 0 bridgehead atoms. The second-order valence-corrected chi connectivity index (χ2v) is 8.97.